The van der Waals surface area contributed by atoms with E-state index in [-0.39, 0.29) is 18.1 Å². The SMILES string of the molecule is CC(C)NC(=O)CN(C)CC1CC(O)C1. The number of carbonyl (C=O) groups excluding carboxylic acids is 1. The summed E-state index contributed by atoms with van der Waals surface area (Å²) in [5.74, 6) is 0.643. The van der Waals surface area contributed by atoms with E-state index in [0.29, 0.717) is 12.5 Å². The van der Waals surface area contributed by atoms with Gasteiger partial charge in [-0.2, -0.15) is 0 Å². The molecule has 0 aromatic carbocycles. The Labute approximate surface area is 91.6 Å². The van der Waals surface area contributed by atoms with Gasteiger partial charge in [0.25, 0.3) is 0 Å². The van der Waals surface area contributed by atoms with Crippen LogP contribution in [0.1, 0.15) is 26.7 Å². The van der Waals surface area contributed by atoms with Gasteiger partial charge in [0.2, 0.25) is 5.91 Å². The van der Waals surface area contributed by atoms with Crippen LogP contribution in [-0.4, -0.2) is 48.2 Å². The molecule has 0 bridgehead atoms. The van der Waals surface area contributed by atoms with E-state index >= 15 is 0 Å². The fraction of sp³-hybridized carbons (Fsp3) is 0.909. The van der Waals surface area contributed by atoms with Gasteiger partial charge in [0, 0.05) is 12.6 Å². The summed E-state index contributed by atoms with van der Waals surface area (Å²) in [6.07, 6.45) is 1.67. The van der Waals surface area contributed by atoms with Gasteiger partial charge in [-0.3, -0.25) is 9.69 Å². The van der Waals surface area contributed by atoms with Crippen molar-refractivity contribution < 1.29 is 9.90 Å². The highest BCUT2D eigenvalue weighted by Crippen LogP contribution is 2.27. The zero-order valence-electron chi connectivity index (χ0n) is 9.86. The average Bonchev–Trinajstić information content (AvgIpc) is 1.98. The fourth-order valence-electron chi connectivity index (χ4n) is 1.97. The van der Waals surface area contributed by atoms with Crippen LogP contribution < -0.4 is 5.32 Å². The van der Waals surface area contributed by atoms with E-state index < -0.39 is 0 Å². The maximum absolute atomic E-state index is 11.4. The van der Waals surface area contributed by atoms with Crippen LogP contribution in [0.3, 0.4) is 0 Å². The van der Waals surface area contributed by atoms with Crippen molar-refractivity contribution in [1.82, 2.24) is 10.2 Å². The van der Waals surface area contributed by atoms with Crippen LogP contribution >= 0.6 is 0 Å². The van der Waals surface area contributed by atoms with Crippen LogP contribution in [0.4, 0.5) is 0 Å². The van der Waals surface area contributed by atoms with E-state index in [9.17, 15) is 4.79 Å². The summed E-state index contributed by atoms with van der Waals surface area (Å²) in [5.41, 5.74) is 0. The molecular formula is C11H22N2O2. The Hall–Kier alpha value is -0.610. The van der Waals surface area contributed by atoms with Crippen LogP contribution in [0, 0.1) is 5.92 Å². The normalized spacial score (nSPS) is 25.5. The molecule has 0 atom stereocenters. The highest BCUT2D eigenvalue weighted by Gasteiger charge is 2.28. The number of likely N-dealkylation sites (N-methyl/N-ethyl adjacent to an activating group) is 1. The van der Waals surface area contributed by atoms with Crippen molar-refractivity contribution >= 4 is 5.91 Å². The largest absolute Gasteiger partial charge is 0.393 e. The first kappa shape index (κ1) is 12.5. The van der Waals surface area contributed by atoms with Crippen LogP contribution in [0.5, 0.6) is 0 Å². The first-order valence-corrected chi connectivity index (χ1v) is 5.63. The zero-order valence-corrected chi connectivity index (χ0v) is 9.86. The summed E-state index contributed by atoms with van der Waals surface area (Å²) in [6, 6.07) is 0.205. The molecule has 4 nitrogen and oxygen atoms in total. The van der Waals surface area contributed by atoms with E-state index in [2.05, 4.69) is 5.32 Å². The maximum atomic E-state index is 11.4. The van der Waals surface area contributed by atoms with E-state index in [0.717, 1.165) is 19.4 Å². The standard InChI is InChI=1S/C11H22N2O2/c1-8(2)12-11(15)7-13(3)6-9-4-10(14)5-9/h8-10,14H,4-7H2,1-3H3,(H,12,15). The quantitative estimate of drug-likeness (QED) is 0.688. The highest BCUT2D eigenvalue weighted by molar-refractivity contribution is 5.78. The first-order valence-electron chi connectivity index (χ1n) is 5.63. The molecule has 0 heterocycles. The fourth-order valence-corrected chi connectivity index (χ4v) is 1.97. The smallest absolute Gasteiger partial charge is 0.234 e. The number of hydrogen-bond acceptors (Lipinski definition) is 3. The number of carbonyl (C=O) groups is 1. The molecule has 1 amide bonds. The van der Waals surface area contributed by atoms with Gasteiger partial charge in [0.1, 0.15) is 0 Å². The highest BCUT2D eigenvalue weighted by atomic mass is 16.3. The van der Waals surface area contributed by atoms with Gasteiger partial charge in [0.05, 0.1) is 12.6 Å². The van der Waals surface area contributed by atoms with Crippen LogP contribution in [0.15, 0.2) is 0 Å². The second-order valence-corrected chi connectivity index (χ2v) is 4.91. The summed E-state index contributed by atoms with van der Waals surface area (Å²) >= 11 is 0. The number of aliphatic hydroxyl groups excluding tert-OH is 1. The number of rotatable bonds is 5. The van der Waals surface area contributed by atoms with Gasteiger partial charge in [-0.25, -0.2) is 0 Å². The summed E-state index contributed by atoms with van der Waals surface area (Å²) in [5, 5.41) is 12.0. The molecule has 15 heavy (non-hydrogen) atoms. The molecule has 0 aromatic rings. The third-order valence-electron chi connectivity index (χ3n) is 2.64. The van der Waals surface area contributed by atoms with Gasteiger partial charge >= 0.3 is 0 Å². The van der Waals surface area contributed by atoms with E-state index in [1.54, 1.807) is 0 Å². The van der Waals surface area contributed by atoms with Gasteiger partial charge in [-0.1, -0.05) is 0 Å². The lowest BCUT2D eigenvalue weighted by atomic mass is 9.82. The molecule has 88 valence electrons. The molecule has 2 N–H and O–H groups in total. The Kier molecular flexibility index (Phi) is 4.54. The molecule has 0 radical (unpaired) electrons. The van der Waals surface area contributed by atoms with E-state index in [1.807, 2.05) is 25.8 Å². The maximum Gasteiger partial charge on any atom is 0.234 e. The van der Waals surface area contributed by atoms with Gasteiger partial charge in [-0.05, 0) is 39.7 Å². The van der Waals surface area contributed by atoms with Gasteiger partial charge in [0.15, 0.2) is 0 Å². The van der Waals surface area contributed by atoms with E-state index in [1.165, 1.54) is 0 Å². The lowest BCUT2D eigenvalue weighted by molar-refractivity contribution is -0.122. The first-order chi connectivity index (χ1) is 6.97. The molecule has 0 spiro atoms. The minimum Gasteiger partial charge on any atom is -0.393 e. The lowest BCUT2D eigenvalue weighted by Crippen LogP contribution is -2.42. The third kappa shape index (κ3) is 4.62. The number of amides is 1. The van der Waals surface area contributed by atoms with Crippen LogP contribution in [0.25, 0.3) is 0 Å². The Balaban J connectivity index is 2.12. The lowest BCUT2D eigenvalue weighted by Gasteiger charge is -2.34. The summed E-state index contributed by atoms with van der Waals surface area (Å²) < 4.78 is 0. The minimum absolute atomic E-state index is 0.0763. The molecule has 0 saturated heterocycles. The molecule has 1 fully saturated rings. The van der Waals surface area contributed by atoms with E-state index in [4.69, 9.17) is 5.11 Å². The second kappa shape index (κ2) is 5.47. The second-order valence-electron chi connectivity index (χ2n) is 4.91. The molecule has 0 unspecified atom stereocenters. The predicted octanol–water partition coefficient (Wildman–Crippen LogP) is 0.214. The molecule has 0 aromatic heterocycles. The van der Waals surface area contributed by atoms with Crippen molar-refractivity contribution in [1.29, 1.82) is 0 Å². The number of nitrogens with zero attached hydrogens (tertiary/aromatic N) is 1. The van der Waals surface area contributed by atoms with Crippen molar-refractivity contribution in [2.24, 2.45) is 5.92 Å². The van der Waals surface area contributed by atoms with Crippen molar-refractivity contribution in [2.75, 3.05) is 20.1 Å². The third-order valence-corrected chi connectivity index (χ3v) is 2.64. The summed E-state index contributed by atoms with van der Waals surface area (Å²) in [4.78, 5) is 13.4. The monoisotopic (exact) mass is 214 g/mol. The Morgan fingerprint density at radius 1 is 1.53 bits per heavy atom. The molecule has 1 aliphatic carbocycles. The number of aliphatic hydroxyl groups is 1. The predicted molar refractivity (Wildman–Crippen MR) is 59.5 cm³/mol. The van der Waals surface area contributed by atoms with Crippen molar-refractivity contribution in [3.63, 3.8) is 0 Å². The number of hydrogen-bond donors (Lipinski definition) is 2. The molecule has 1 rings (SSSR count). The molecule has 4 heteroatoms. The van der Waals surface area contributed by atoms with Gasteiger partial charge in [-0.15, -0.1) is 0 Å². The summed E-state index contributed by atoms with van der Waals surface area (Å²) in [7, 11) is 1.95. The molecule has 1 aliphatic rings. The molecule has 1 saturated carbocycles. The topological polar surface area (TPSA) is 52.6 Å². The Bertz CT molecular complexity index is 213. The number of nitrogens with one attached hydrogen (secondary N) is 1. The van der Waals surface area contributed by atoms with Crippen molar-refractivity contribution in [3.05, 3.63) is 0 Å². The zero-order chi connectivity index (χ0) is 11.4. The minimum atomic E-state index is -0.104. The van der Waals surface area contributed by atoms with Crippen LogP contribution in [-0.2, 0) is 4.79 Å². The Morgan fingerprint density at radius 2 is 2.13 bits per heavy atom. The average molecular weight is 214 g/mol. The molecular weight excluding hydrogens is 192 g/mol. The molecule has 0 aliphatic heterocycles. The van der Waals surface area contributed by atoms with Crippen molar-refractivity contribution in [2.45, 2.75) is 38.8 Å². The van der Waals surface area contributed by atoms with Gasteiger partial charge < -0.3 is 10.4 Å². The van der Waals surface area contributed by atoms with Crippen LogP contribution in [0.2, 0.25) is 0 Å². The Morgan fingerprint density at radius 3 is 2.60 bits per heavy atom. The summed E-state index contributed by atoms with van der Waals surface area (Å²) in [6.45, 7) is 5.27. The van der Waals surface area contributed by atoms with Crippen molar-refractivity contribution in [3.8, 4) is 0 Å².